The van der Waals surface area contributed by atoms with Crippen molar-refractivity contribution in [1.29, 1.82) is 0 Å². The molecular weight excluding hydrogens is 365 g/mol. The summed E-state index contributed by atoms with van der Waals surface area (Å²) < 4.78 is 24.3. The Morgan fingerprint density at radius 1 is 1.07 bits per heavy atom. The molecule has 1 aromatic carbocycles. The minimum atomic E-state index is -0.716. The molecule has 0 aliphatic rings. The number of carbonyl (C=O) groups is 2. The van der Waals surface area contributed by atoms with Crippen molar-refractivity contribution in [1.82, 2.24) is 4.98 Å². The number of anilines is 2. The second-order valence-electron chi connectivity index (χ2n) is 7.32. The van der Waals surface area contributed by atoms with E-state index in [1.807, 2.05) is 13.8 Å². The van der Waals surface area contributed by atoms with E-state index in [1.165, 1.54) is 18.3 Å². The van der Waals surface area contributed by atoms with Crippen LogP contribution in [0.25, 0.3) is 0 Å². The highest BCUT2D eigenvalue weighted by Gasteiger charge is 2.18. The first-order valence-corrected chi connectivity index (χ1v) is 8.77. The molecule has 0 aliphatic carbocycles. The van der Waals surface area contributed by atoms with E-state index in [1.54, 1.807) is 32.9 Å². The maximum absolute atomic E-state index is 13.7. The van der Waals surface area contributed by atoms with E-state index in [2.05, 4.69) is 15.6 Å². The summed E-state index contributed by atoms with van der Waals surface area (Å²) in [4.78, 5) is 28.5. The first-order valence-electron chi connectivity index (χ1n) is 8.77. The lowest BCUT2D eigenvalue weighted by Crippen LogP contribution is -2.27. The number of ether oxygens (including phenoxy) is 2. The number of pyridine rings is 1. The van der Waals surface area contributed by atoms with Crippen molar-refractivity contribution < 1.29 is 23.5 Å². The number of rotatable bonds is 5. The number of nitrogens with zero attached hydrogens (tertiary/aromatic N) is 1. The van der Waals surface area contributed by atoms with Gasteiger partial charge in [0.1, 0.15) is 11.4 Å². The van der Waals surface area contributed by atoms with Crippen molar-refractivity contribution in [2.75, 3.05) is 10.6 Å². The summed E-state index contributed by atoms with van der Waals surface area (Å²) in [6.07, 6.45) is 0.597. The Bertz CT molecular complexity index is 846. The van der Waals surface area contributed by atoms with E-state index >= 15 is 0 Å². The monoisotopic (exact) mass is 389 g/mol. The molecule has 28 heavy (non-hydrogen) atoms. The van der Waals surface area contributed by atoms with Gasteiger partial charge in [-0.3, -0.25) is 10.1 Å². The fourth-order valence-electron chi connectivity index (χ4n) is 2.16. The normalized spacial score (nSPS) is 11.1. The highest BCUT2D eigenvalue weighted by molar-refractivity contribution is 6.06. The summed E-state index contributed by atoms with van der Waals surface area (Å²) in [6, 6.07) is 6.73. The van der Waals surface area contributed by atoms with Gasteiger partial charge in [-0.1, -0.05) is 0 Å². The molecule has 2 N–H and O–H groups in total. The molecule has 150 valence electrons. The molecule has 1 aromatic heterocycles. The number of carbonyl (C=O) groups excluding carboxylic acids is 2. The van der Waals surface area contributed by atoms with Crippen LogP contribution in [0.4, 0.5) is 20.6 Å². The number of halogens is 1. The molecule has 0 aliphatic heterocycles. The van der Waals surface area contributed by atoms with Crippen molar-refractivity contribution in [3.8, 4) is 5.88 Å². The van der Waals surface area contributed by atoms with E-state index in [0.717, 1.165) is 6.07 Å². The van der Waals surface area contributed by atoms with Crippen LogP contribution < -0.4 is 15.4 Å². The van der Waals surface area contributed by atoms with Crippen LogP contribution in [-0.4, -0.2) is 28.7 Å². The first-order chi connectivity index (χ1) is 13.0. The molecule has 0 saturated heterocycles. The number of amides is 2. The number of nitrogens with one attached hydrogen (secondary N) is 2. The Kier molecular flexibility index (Phi) is 6.56. The molecule has 0 bridgehead atoms. The highest BCUT2D eigenvalue weighted by atomic mass is 19.1. The molecule has 2 amide bonds. The van der Waals surface area contributed by atoms with Gasteiger partial charge in [0.2, 0.25) is 5.88 Å². The van der Waals surface area contributed by atoms with E-state index < -0.39 is 23.4 Å². The molecule has 0 unspecified atom stereocenters. The van der Waals surface area contributed by atoms with Crippen molar-refractivity contribution >= 4 is 23.4 Å². The molecule has 8 heteroatoms. The van der Waals surface area contributed by atoms with Crippen LogP contribution in [0.1, 0.15) is 45.0 Å². The Balaban J connectivity index is 2.15. The number of hydrogen-bond donors (Lipinski definition) is 2. The van der Waals surface area contributed by atoms with Crippen LogP contribution in [0.5, 0.6) is 5.88 Å². The molecule has 0 radical (unpaired) electrons. The second-order valence-corrected chi connectivity index (χ2v) is 7.32. The summed E-state index contributed by atoms with van der Waals surface area (Å²) >= 11 is 0. The van der Waals surface area contributed by atoms with Gasteiger partial charge in [-0.25, -0.2) is 14.2 Å². The molecule has 0 spiro atoms. The van der Waals surface area contributed by atoms with Gasteiger partial charge in [0, 0.05) is 12.3 Å². The SMILES string of the molecule is CC(C)Oc1ccc(C(=O)Nc2cc(F)ccc2NC(=O)OC(C)(C)C)cn1. The van der Waals surface area contributed by atoms with Crippen LogP contribution >= 0.6 is 0 Å². The van der Waals surface area contributed by atoms with E-state index in [0.29, 0.717) is 5.88 Å². The highest BCUT2D eigenvalue weighted by Crippen LogP contribution is 2.24. The number of hydrogen-bond acceptors (Lipinski definition) is 5. The minimum absolute atomic E-state index is 0.0408. The molecule has 2 aromatic rings. The van der Waals surface area contributed by atoms with Gasteiger partial charge in [-0.05, 0) is 58.9 Å². The summed E-state index contributed by atoms with van der Waals surface area (Å²) in [7, 11) is 0. The van der Waals surface area contributed by atoms with E-state index in [4.69, 9.17) is 9.47 Å². The number of aromatic nitrogens is 1. The third-order valence-electron chi connectivity index (χ3n) is 3.22. The summed E-state index contributed by atoms with van der Waals surface area (Å²) in [5, 5.41) is 5.07. The van der Waals surface area contributed by atoms with Gasteiger partial charge in [-0.2, -0.15) is 0 Å². The van der Waals surface area contributed by atoms with Crippen LogP contribution in [0.15, 0.2) is 36.5 Å². The molecule has 1 heterocycles. The van der Waals surface area contributed by atoms with Crippen molar-refractivity contribution in [3.05, 3.63) is 47.9 Å². The van der Waals surface area contributed by atoms with E-state index in [-0.39, 0.29) is 23.0 Å². The Morgan fingerprint density at radius 3 is 2.36 bits per heavy atom. The van der Waals surface area contributed by atoms with Gasteiger partial charge >= 0.3 is 6.09 Å². The summed E-state index contributed by atoms with van der Waals surface area (Å²) in [6.45, 7) is 8.90. The third kappa shape index (κ3) is 6.53. The van der Waals surface area contributed by atoms with E-state index in [9.17, 15) is 14.0 Å². The third-order valence-corrected chi connectivity index (χ3v) is 3.22. The van der Waals surface area contributed by atoms with Gasteiger partial charge in [0.05, 0.1) is 23.0 Å². The largest absolute Gasteiger partial charge is 0.475 e. The lowest BCUT2D eigenvalue weighted by molar-refractivity contribution is 0.0635. The Hall–Kier alpha value is -3.16. The van der Waals surface area contributed by atoms with Crippen LogP contribution in [-0.2, 0) is 4.74 Å². The van der Waals surface area contributed by atoms with Crippen LogP contribution in [0.3, 0.4) is 0 Å². The summed E-state index contributed by atoms with van der Waals surface area (Å²) in [5.74, 6) is -0.685. The zero-order chi connectivity index (χ0) is 20.9. The average Bonchev–Trinajstić information content (AvgIpc) is 2.55. The van der Waals surface area contributed by atoms with Gasteiger partial charge < -0.3 is 14.8 Å². The molecule has 7 nitrogen and oxygen atoms in total. The molecule has 0 atom stereocenters. The lowest BCUT2D eigenvalue weighted by Gasteiger charge is -2.20. The predicted molar refractivity (Wildman–Crippen MR) is 104 cm³/mol. The molecule has 2 rings (SSSR count). The lowest BCUT2D eigenvalue weighted by atomic mass is 10.2. The minimum Gasteiger partial charge on any atom is -0.475 e. The quantitative estimate of drug-likeness (QED) is 0.780. The smallest absolute Gasteiger partial charge is 0.412 e. The topological polar surface area (TPSA) is 89.6 Å². The second kappa shape index (κ2) is 8.69. The maximum atomic E-state index is 13.7. The average molecular weight is 389 g/mol. The van der Waals surface area contributed by atoms with Crippen LogP contribution in [0.2, 0.25) is 0 Å². The fourth-order valence-corrected chi connectivity index (χ4v) is 2.16. The molecule has 0 fully saturated rings. The fraction of sp³-hybridized carbons (Fsp3) is 0.350. The Morgan fingerprint density at radius 2 is 1.79 bits per heavy atom. The van der Waals surface area contributed by atoms with Crippen molar-refractivity contribution in [2.45, 2.75) is 46.3 Å². The van der Waals surface area contributed by atoms with Crippen molar-refractivity contribution in [2.24, 2.45) is 0 Å². The van der Waals surface area contributed by atoms with Crippen LogP contribution in [0, 0.1) is 5.82 Å². The zero-order valence-corrected chi connectivity index (χ0v) is 16.5. The van der Waals surface area contributed by atoms with Crippen molar-refractivity contribution in [3.63, 3.8) is 0 Å². The Labute approximate surface area is 163 Å². The standard InChI is InChI=1S/C20H24FN3O4/c1-12(2)27-17-9-6-13(11-22-17)18(25)23-16-10-14(21)7-8-15(16)24-19(26)28-20(3,4)5/h6-12H,1-5H3,(H,23,25)(H,24,26). The van der Waals surface area contributed by atoms with Gasteiger partial charge in [-0.15, -0.1) is 0 Å². The molecular formula is C20H24FN3O4. The zero-order valence-electron chi connectivity index (χ0n) is 16.5. The maximum Gasteiger partial charge on any atom is 0.412 e. The summed E-state index contributed by atoms with van der Waals surface area (Å²) in [5.41, 5.74) is -0.141. The number of benzene rings is 1. The first kappa shape index (κ1) is 21.1. The predicted octanol–water partition coefficient (Wildman–Crippen LogP) is 4.61. The molecule has 0 saturated carbocycles. The van der Waals surface area contributed by atoms with Gasteiger partial charge in [0.15, 0.2) is 0 Å². The van der Waals surface area contributed by atoms with Gasteiger partial charge in [0.25, 0.3) is 5.91 Å².